The van der Waals surface area contributed by atoms with Crippen molar-refractivity contribution < 1.29 is 9.59 Å². The van der Waals surface area contributed by atoms with Crippen molar-refractivity contribution in [3.05, 3.63) is 59.7 Å². The number of nitrogens with zero attached hydrogens (tertiary/aromatic N) is 2. The molecule has 0 heterocycles. The zero-order chi connectivity index (χ0) is 20.7. The van der Waals surface area contributed by atoms with Gasteiger partial charge in [0, 0.05) is 50.9 Å². The molecular formula is C23H31N3O2. The predicted molar refractivity (Wildman–Crippen MR) is 115 cm³/mol. The maximum Gasteiger partial charge on any atom is 0.226 e. The molecule has 0 spiro atoms. The van der Waals surface area contributed by atoms with E-state index in [2.05, 4.69) is 5.32 Å². The van der Waals surface area contributed by atoms with Crippen molar-refractivity contribution >= 4 is 23.2 Å². The number of hydrogen-bond acceptors (Lipinski definition) is 3. The third-order valence-electron chi connectivity index (χ3n) is 4.59. The number of carbonyl (C=O) groups excluding carboxylic acids is 2. The van der Waals surface area contributed by atoms with Crippen LogP contribution in [0.4, 0.5) is 11.4 Å². The van der Waals surface area contributed by atoms with Gasteiger partial charge >= 0.3 is 0 Å². The molecule has 2 aromatic carbocycles. The molecule has 0 fully saturated rings. The zero-order valence-electron chi connectivity index (χ0n) is 17.5. The lowest BCUT2D eigenvalue weighted by Gasteiger charge is -2.26. The smallest absolute Gasteiger partial charge is 0.226 e. The fourth-order valence-electron chi connectivity index (χ4n) is 2.98. The Morgan fingerprint density at radius 2 is 1.68 bits per heavy atom. The molecule has 0 aromatic heterocycles. The summed E-state index contributed by atoms with van der Waals surface area (Å²) in [6, 6.07) is 15.9. The molecule has 0 unspecified atom stereocenters. The number of amides is 2. The normalized spacial score (nSPS) is 10.6. The lowest BCUT2D eigenvalue weighted by Crippen LogP contribution is -2.30. The number of carbonyl (C=O) groups is 2. The van der Waals surface area contributed by atoms with E-state index in [1.54, 1.807) is 0 Å². The Morgan fingerprint density at radius 1 is 1.00 bits per heavy atom. The van der Waals surface area contributed by atoms with Gasteiger partial charge in [-0.15, -0.1) is 0 Å². The number of rotatable bonds is 8. The molecular weight excluding hydrogens is 350 g/mol. The molecule has 2 aromatic rings. The third kappa shape index (κ3) is 5.84. The van der Waals surface area contributed by atoms with Gasteiger partial charge in [0.2, 0.25) is 11.8 Å². The van der Waals surface area contributed by atoms with E-state index in [9.17, 15) is 9.59 Å². The molecule has 0 saturated carbocycles. The first-order chi connectivity index (χ1) is 13.3. The van der Waals surface area contributed by atoms with Crippen LogP contribution in [-0.2, 0) is 22.7 Å². The van der Waals surface area contributed by atoms with Gasteiger partial charge in [0.1, 0.15) is 0 Å². The highest BCUT2D eigenvalue weighted by molar-refractivity contribution is 5.92. The number of benzene rings is 2. The Morgan fingerprint density at radius 3 is 2.25 bits per heavy atom. The molecule has 0 aliphatic heterocycles. The lowest BCUT2D eigenvalue weighted by molar-refractivity contribution is -0.132. The summed E-state index contributed by atoms with van der Waals surface area (Å²) in [5.41, 5.74) is 3.89. The Hall–Kier alpha value is -2.82. The average molecular weight is 382 g/mol. The summed E-state index contributed by atoms with van der Waals surface area (Å²) in [5, 5.41) is 2.95. The first kappa shape index (κ1) is 21.5. The van der Waals surface area contributed by atoms with E-state index in [0.717, 1.165) is 22.5 Å². The summed E-state index contributed by atoms with van der Waals surface area (Å²) < 4.78 is 0. The molecule has 0 saturated heterocycles. The largest absolute Gasteiger partial charge is 0.377 e. The summed E-state index contributed by atoms with van der Waals surface area (Å²) in [6.45, 7) is 6.66. The Balaban J connectivity index is 2.32. The van der Waals surface area contributed by atoms with Gasteiger partial charge in [0.15, 0.2) is 0 Å². The van der Waals surface area contributed by atoms with Gasteiger partial charge in [-0.25, -0.2) is 0 Å². The van der Waals surface area contributed by atoms with Gasteiger partial charge in [-0.2, -0.15) is 0 Å². The second-order valence-corrected chi connectivity index (χ2v) is 7.47. The van der Waals surface area contributed by atoms with Crippen molar-refractivity contribution in [2.24, 2.45) is 5.92 Å². The van der Waals surface area contributed by atoms with Crippen LogP contribution in [0.1, 0.15) is 38.3 Å². The summed E-state index contributed by atoms with van der Waals surface area (Å²) in [5.74, 6) is -0.00673. The van der Waals surface area contributed by atoms with Crippen molar-refractivity contribution in [2.45, 2.75) is 40.3 Å². The van der Waals surface area contributed by atoms with E-state index in [-0.39, 0.29) is 17.7 Å². The van der Waals surface area contributed by atoms with E-state index < -0.39 is 0 Å². The minimum absolute atomic E-state index is 0.0191. The Kier molecular flexibility index (Phi) is 7.61. The predicted octanol–water partition coefficient (Wildman–Crippen LogP) is 4.29. The van der Waals surface area contributed by atoms with Gasteiger partial charge < -0.3 is 15.1 Å². The minimum Gasteiger partial charge on any atom is -0.377 e. The van der Waals surface area contributed by atoms with E-state index in [1.807, 2.05) is 93.2 Å². The molecule has 28 heavy (non-hydrogen) atoms. The Labute approximate surface area is 168 Å². The zero-order valence-corrected chi connectivity index (χ0v) is 17.5. The van der Waals surface area contributed by atoms with Crippen LogP contribution in [0, 0.1) is 5.92 Å². The van der Waals surface area contributed by atoms with Crippen molar-refractivity contribution in [1.29, 1.82) is 0 Å². The molecule has 2 amide bonds. The highest BCUT2D eigenvalue weighted by Gasteiger charge is 2.17. The van der Waals surface area contributed by atoms with Crippen LogP contribution in [0.5, 0.6) is 0 Å². The molecule has 5 nitrogen and oxygen atoms in total. The first-order valence-electron chi connectivity index (χ1n) is 9.74. The van der Waals surface area contributed by atoms with Crippen molar-refractivity contribution in [3.63, 3.8) is 0 Å². The molecule has 0 radical (unpaired) electrons. The molecule has 5 heteroatoms. The van der Waals surface area contributed by atoms with E-state index in [1.165, 1.54) is 0 Å². The van der Waals surface area contributed by atoms with E-state index in [4.69, 9.17) is 0 Å². The minimum atomic E-state index is -0.0896. The van der Waals surface area contributed by atoms with Crippen LogP contribution < -0.4 is 10.2 Å². The van der Waals surface area contributed by atoms with Gasteiger partial charge in [-0.3, -0.25) is 9.59 Å². The summed E-state index contributed by atoms with van der Waals surface area (Å²) in [4.78, 5) is 28.6. The molecule has 0 bridgehead atoms. The molecule has 1 N–H and O–H groups in total. The van der Waals surface area contributed by atoms with E-state index in [0.29, 0.717) is 19.5 Å². The highest BCUT2D eigenvalue weighted by atomic mass is 16.2. The SMILES string of the molecule is CCC(=O)N(Cc1ccccc1)Cc1cc(NC(=O)C(C)C)ccc1N(C)C. The van der Waals surface area contributed by atoms with Crippen LogP contribution in [0.15, 0.2) is 48.5 Å². The molecule has 150 valence electrons. The van der Waals surface area contributed by atoms with Crippen LogP contribution in [-0.4, -0.2) is 30.8 Å². The molecule has 0 atom stereocenters. The maximum atomic E-state index is 12.6. The van der Waals surface area contributed by atoms with Crippen LogP contribution >= 0.6 is 0 Å². The number of hydrogen-bond donors (Lipinski definition) is 1. The second kappa shape index (κ2) is 9.93. The lowest BCUT2D eigenvalue weighted by atomic mass is 10.1. The van der Waals surface area contributed by atoms with Crippen molar-refractivity contribution in [3.8, 4) is 0 Å². The van der Waals surface area contributed by atoms with Crippen LogP contribution in [0.3, 0.4) is 0 Å². The summed E-state index contributed by atoms with van der Waals surface area (Å²) in [7, 11) is 3.96. The van der Waals surface area contributed by atoms with Crippen molar-refractivity contribution in [2.75, 3.05) is 24.3 Å². The fraction of sp³-hybridized carbons (Fsp3) is 0.391. The highest BCUT2D eigenvalue weighted by Crippen LogP contribution is 2.26. The fourth-order valence-corrected chi connectivity index (χ4v) is 2.98. The van der Waals surface area contributed by atoms with Gasteiger partial charge in [0.05, 0.1) is 0 Å². The number of anilines is 2. The molecule has 2 rings (SSSR count). The van der Waals surface area contributed by atoms with Gasteiger partial charge in [0.25, 0.3) is 0 Å². The van der Waals surface area contributed by atoms with Crippen molar-refractivity contribution in [1.82, 2.24) is 4.90 Å². The summed E-state index contributed by atoms with van der Waals surface area (Å²) >= 11 is 0. The number of nitrogens with one attached hydrogen (secondary N) is 1. The van der Waals surface area contributed by atoms with Crippen LogP contribution in [0.2, 0.25) is 0 Å². The average Bonchev–Trinajstić information content (AvgIpc) is 2.67. The molecule has 0 aliphatic rings. The quantitative estimate of drug-likeness (QED) is 0.742. The monoisotopic (exact) mass is 381 g/mol. The van der Waals surface area contributed by atoms with Gasteiger partial charge in [-0.1, -0.05) is 51.1 Å². The maximum absolute atomic E-state index is 12.6. The topological polar surface area (TPSA) is 52.7 Å². The third-order valence-corrected chi connectivity index (χ3v) is 4.59. The Bertz CT molecular complexity index is 801. The summed E-state index contributed by atoms with van der Waals surface area (Å²) in [6.07, 6.45) is 0.452. The molecule has 0 aliphatic carbocycles. The first-order valence-corrected chi connectivity index (χ1v) is 9.74. The second-order valence-electron chi connectivity index (χ2n) is 7.47. The van der Waals surface area contributed by atoms with Gasteiger partial charge in [-0.05, 0) is 29.3 Å². The standard InChI is InChI=1S/C23H31N3O2/c1-6-22(27)26(15-18-10-8-7-9-11-18)16-19-14-20(24-23(28)17(2)3)12-13-21(19)25(4)5/h7-14,17H,6,15-16H2,1-5H3,(H,24,28). The van der Waals surface area contributed by atoms with E-state index >= 15 is 0 Å². The van der Waals surface area contributed by atoms with Crippen LogP contribution in [0.25, 0.3) is 0 Å².